The number of hydrogen-bond donors (Lipinski definition) is 2. The summed E-state index contributed by atoms with van der Waals surface area (Å²) >= 11 is 6.02. The Morgan fingerprint density at radius 1 is 1.12 bits per heavy atom. The highest BCUT2D eigenvalue weighted by atomic mass is 35.5. The van der Waals surface area contributed by atoms with Crippen LogP contribution in [0.2, 0.25) is 5.02 Å². The van der Waals surface area contributed by atoms with Crippen LogP contribution >= 0.6 is 11.6 Å². The molecule has 0 spiro atoms. The first-order chi connectivity index (χ1) is 12.4. The molecule has 0 saturated carbocycles. The van der Waals surface area contributed by atoms with Crippen LogP contribution in [0, 0.1) is 5.82 Å². The zero-order valence-electron chi connectivity index (χ0n) is 13.3. The lowest BCUT2D eigenvalue weighted by Gasteiger charge is -2.08. The van der Waals surface area contributed by atoms with E-state index in [0.717, 1.165) is 6.07 Å². The van der Waals surface area contributed by atoms with E-state index >= 15 is 0 Å². The van der Waals surface area contributed by atoms with E-state index in [-0.39, 0.29) is 16.3 Å². The number of carbonyl (C=O) groups is 2. The van der Waals surface area contributed by atoms with E-state index in [2.05, 4.69) is 10.6 Å². The Morgan fingerprint density at radius 3 is 2.54 bits per heavy atom. The summed E-state index contributed by atoms with van der Waals surface area (Å²) < 4.78 is 30.4. The lowest BCUT2D eigenvalue weighted by Crippen LogP contribution is -2.29. The topological polar surface area (TPSA) is 88.4 Å². The van der Waals surface area contributed by atoms with Crippen LogP contribution in [0.3, 0.4) is 0 Å². The smallest absolute Gasteiger partial charge is 0.314 e. The standard InChI is InChI=1S/C17H12ClFN2O4S/c1-26(24)14-5-2-9(8-12(14)19)20-16(22)17(23)21-13-4-3-11(18)10-6-7-25-15(10)13/h2-8H,1H3,(H,20,22)(H,21,23). The van der Waals surface area contributed by atoms with E-state index in [1.807, 2.05) is 0 Å². The molecule has 0 aliphatic heterocycles. The third kappa shape index (κ3) is 3.61. The third-order valence-corrected chi connectivity index (χ3v) is 4.80. The molecule has 26 heavy (non-hydrogen) atoms. The Hall–Kier alpha value is -2.71. The quantitative estimate of drug-likeness (QED) is 0.665. The fourth-order valence-electron chi connectivity index (χ4n) is 2.30. The van der Waals surface area contributed by atoms with Gasteiger partial charge >= 0.3 is 11.8 Å². The summed E-state index contributed by atoms with van der Waals surface area (Å²) in [5.41, 5.74) is 0.674. The van der Waals surface area contributed by atoms with Crippen molar-refractivity contribution in [3.63, 3.8) is 0 Å². The van der Waals surface area contributed by atoms with Crippen molar-refractivity contribution < 1.29 is 22.6 Å². The van der Waals surface area contributed by atoms with E-state index in [1.54, 1.807) is 12.1 Å². The summed E-state index contributed by atoms with van der Waals surface area (Å²) in [6, 6.07) is 8.34. The number of halogens is 2. The average molecular weight is 395 g/mol. The maximum Gasteiger partial charge on any atom is 0.314 e. The molecule has 3 aromatic rings. The summed E-state index contributed by atoms with van der Waals surface area (Å²) in [6.45, 7) is 0. The van der Waals surface area contributed by atoms with Crippen molar-refractivity contribution in [2.45, 2.75) is 4.90 Å². The van der Waals surface area contributed by atoms with Crippen LogP contribution in [0.15, 0.2) is 52.0 Å². The van der Waals surface area contributed by atoms with Gasteiger partial charge < -0.3 is 15.1 Å². The molecule has 3 rings (SSSR count). The molecular formula is C17H12ClFN2O4S. The molecule has 2 N–H and O–H groups in total. The van der Waals surface area contributed by atoms with Crippen LogP contribution in [0.5, 0.6) is 0 Å². The fourth-order valence-corrected chi connectivity index (χ4v) is 3.11. The number of anilines is 2. The maximum atomic E-state index is 13.8. The number of carbonyl (C=O) groups excluding carboxylic acids is 2. The Balaban J connectivity index is 1.75. The van der Waals surface area contributed by atoms with Crippen LogP contribution in [0.1, 0.15) is 0 Å². The van der Waals surface area contributed by atoms with Gasteiger partial charge in [0.2, 0.25) is 0 Å². The van der Waals surface area contributed by atoms with Crippen LogP contribution in [-0.4, -0.2) is 22.3 Å². The fraction of sp³-hybridized carbons (Fsp3) is 0.0588. The minimum Gasteiger partial charge on any atom is -0.462 e. The van der Waals surface area contributed by atoms with Crippen LogP contribution in [-0.2, 0) is 20.4 Å². The highest BCUT2D eigenvalue weighted by Crippen LogP contribution is 2.30. The molecule has 1 unspecified atom stereocenters. The van der Waals surface area contributed by atoms with Crippen LogP contribution in [0.4, 0.5) is 15.8 Å². The predicted octanol–water partition coefficient (Wildman–Crippen LogP) is 3.54. The van der Waals surface area contributed by atoms with E-state index in [1.165, 1.54) is 30.7 Å². The molecule has 0 bridgehead atoms. The number of furan rings is 1. The molecule has 1 heterocycles. The first kappa shape index (κ1) is 18.1. The number of amides is 2. The number of fused-ring (bicyclic) bond motifs is 1. The zero-order chi connectivity index (χ0) is 18.8. The molecule has 134 valence electrons. The second-order valence-corrected chi connectivity index (χ2v) is 7.02. The Morgan fingerprint density at radius 2 is 1.85 bits per heavy atom. The van der Waals surface area contributed by atoms with Gasteiger partial charge in [0.15, 0.2) is 5.58 Å². The van der Waals surface area contributed by atoms with Gasteiger partial charge in [-0.3, -0.25) is 13.8 Å². The van der Waals surface area contributed by atoms with Gasteiger partial charge in [-0.15, -0.1) is 0 Å². The van der Waals surface area contributed by atoms with Crippen molar-refractivity contribution in [2.24, 2.45) is 0 Å². The molecular weight excluding hydrogens is 383 g/mol. The van der Waals surface area contributed by atoms with Gasteiger partial charge in [-0.25, -0.2) is 4.39 Å². The Bertz CT molecular complexity index is 1050. The van der Waals surface area contributed by atoms with Gasteiger partial charge in [0.1, 0.15) is 5.82 Å². The molecule has 9 heteroatoms. The van der Waals surface area contributed by atoms with Gasteiger partial charge in [-0.2, -0.15) is 0 Å². The monoisotopic (exact) mass is 394 g/mol. The zero-order valence-corrected chi connectivity index (χ0v) is 14.9. The Labute approximate surface area is 154 Å². The number of benzene rings is 2. The summed E-state index contributed by atoms with van der Waals surface area (Å²) in [5.74, 6) is -2.70. The van der Waals surface area contributed by atoms with Gasteiger partial charge in [0.05, 0.1) is 32.7 Å². The number of rotatable bonds is 3. The summed E-state index contributed by atoms with van der Waals surface area (Å²) in [7, 11) is -1.50. The molecule has 0 aliphatic rings. The molecule has 1 atom stereocenters. The molecule has 2 aromatic carbocycles. The average Bonchev–Trinajstić information content (AvgIpc) is 3.08. The number of hydrogen-bond acceptors (Lipinski definition) is 4. The molecule has 2 amide bonds. The van der Waals surface area contributed by atoms with E-state index in [9.17, 15) is 18.2 Å². The highest BCUT2D eigenvalue weighted by molar-refractivity contribution is 7.84. The first-order valence-electron chi connectivity index (χ1n) is 7.28. The van der Waals surface area contributed by atoms with Crippen molar-refractivity contribution in [1.29, 1.82) is 0 Å². The Kier molecular flexibility index (Phi) is 5.06. The van der Waals surface area contributed by atoms with Gasteiger partial charge in [0, 0.05) is 17.3 Å². The summed E-state index contributed by atoms with van der Waals surface area (Å²) in [4.78, 5) is 24.1. The summed E-state index contributed by atoms with van der Waals surface area (Å²) in [6.07, 6.45) is 2.75. The summed E-state index contributed by atoms with van der Waals surface area (Å²) in [5, 5.41) is 5.73. The predicted molar refractivity (Wildman–Crippen MR) is 97.2 cm³/mol. The molecule has 1 aromatic heterocycles. The molecule has 0 saturated heterocycles. The van der Waals surface area contributed by atoms with Gasteiger partial charge in [0.25, 0.3) is 0 Å². The third-order valence-electron chi connectivity index (χ3n) is 3.52. The lowest BCUT2D eigenvalue weighted by atomic mass is 10.2. The van der Waals surface area contributed by atoms with Crippen molar-refractivity contribution in [1.82, 2.24) is 0 Å². The van der Waals surface area contributed by atoms with E-state index < -0.39 is 28.4 Å². The second kappa shape index (κ2) is 7.27. The van der Waals surface area contributed by atoms with Crippen molar-refractivity contribution in [2.75, 3.05) is 16.9 Å². The van der Waals surface area contributed by atoms with Crippen LogP contribution in [0.25, 0.3) is 11.0 Å². The van der Waals surface area contributed by atoms with Crippen molar-refractivity contribution in [3.05, 3.63) is 53.5 Å². The molecule has 0 radical (unpaired) electrons. The minimum atomic E-state index is -1.50. The SMILES string of the molecule is CS(=O)c1ccc(NC(=O)C(=O)Nc2ccc(Cl)c3ccoc23)cc1F. The molecule has 6 nitrogen and oxygen atoms in total. The second-order valence-electron chi connectivity index (χ2n) is 5.27. The molecule has 0 aliphatic carbocycles. The van der Waals surface area contributed by atoms with Crippen molar-refractivity contribution in [3.8, 4) is 0 Å². The van der Waals surface area contributed by atoms with Gasteiger partial charge in [-0.05, 0) is 36.4 Å². The van der Waals surface area contributed by atoms with Crippen LogP contribution < -0.4 is 10.6 Å². The van der Waals surface area contributed by atoms with Crippen molar-refractivity contribution >= 4 is 56.6 Å². The van der Waals surface area contributed by atoms with E-state index in [4.69, 9.17) is 16.0 Å². The lowest BCUT2D eigenvalue weighted by molar-refractivity contribution is -0.132. The van der Waals surface area contributed by atoms with Gasteiger partial charge in [-0.1, -0.05) is 11.6 Å². The minimum absolute atomic E-state index is 0.00817. The number of nitrogens with one attached hydrogen (secondary N) is 2. The highest BCUT2D eigenvalue weighted by Gasteiger charge is 2.18. The van der Waals surface area contributed by atoms with E-state index in [0.29, 0.717) is 16.0 Å². The normalized spacial score (nSPS) is 12.0. The largest absolute Gasteiger partial charge is 0.462 e. The molecule has 0 fully saturated rings. The first-order valence-corrected chi connectivity index (χ1v) is 9.21. The maximum absolute atomic E-state index is 13.8.